The molecule has 14 heteroatoms. The molecular weight excluding hydrogens is 573 g/mol. The molecule has 0 spiro atoms. The molecule has 42 heavy (non-hydrogen) atoms. The van der Waals surface area contributed by atoms with E-state index in [1.807, 2.05) is 12.1 Å². The number of nitrogens with one attached hydrogen (secondary N) is 1. The molecule has 1 amide bonds. The van der Waals surface area contributed by atoms with Crippen LogP contribution >= 0.6 is 11.8 Å². The Bertz CT molecular complexity index is 1590. The maximum absolute atomic E-state index is 12.7. The van der Waals surface area contributed by atoms with Crippen LogP contribution in [0, 0.1) is 0 Å². The summed E-state index contributed by atoms with van der Waals surface area (Å²) in [6.07, 6.45) is -1.71. The number of halogens is 3. The third-order valence-electron chi connectivity index (χ3n) is 5.92. The van der Waals surface area contributed by atoms with Gasteiger partial charge in [-0.1, -0.05) is 36.4 Å². The van der Waals surface area contributed by atoms with Crippen LogP contribution in [-0.2, 0) is 9.53 Å². The van der Waals surface area contributed by atoms with E-state index < -0.39 is 17.8 Å². The SMILES string of the molecule is CCOC(=O)c1ccccc1N1C(=O)CSC1N/N=C/c1ccc(-c2ncn(-c3ccc(OC(F)(F)F)cc3)n2)cc1. The second-order valence-corrected chi connectivity index (χ2v) is 9.80. The molecule has 0 bridgehead atoms. The molecule has 0 radical (unpaired) electrons. The number of hydrazone groups is 1. The zero-order valence-corrected chi connectivity index (χ0v) is 22.8. The van der Waals surface area contributed by atoms with Gasteiger partial charge in [0.2, 0.25) is 5.91 Å². The predicted octanol–water partition coefficient (Wildman–Crippen LogP) is 5.00. The van der Waals surface area contributed by atoms with E-state index in [0.29, 0.717) is 22.8 Å². The van der Waals surface area contributed by atoms with Gasteiger partial charge in [0.25, 0.3) is 0 Å². The van der Waals surface area contributed by atoms with Crippen molar-refractivity contribution in [3.63, 3.8) is 0 Å². The highest BCUT2D eigenvalue weighted by molar-refractivity contribution is 8.01. The van der Waals surface area contributed by atoms with Crippen LogP contribution in [0.15, 0.2) is 84.2 Å². The Hall–Kier alpha value is -4.85. The molecule has 3 aromatic carbocycles. The first-order valence-electron chi connectivity index (χ1n) is 12.6. The second-order valence-electron chi connectivity index (χ2n) is 8.73. The molecular formula is C28H23F3N6O4S. The average molecular weight is 597 g/mol. The summed E-state index contributed by atoms with van der Waals surface area (Å²) in [7, 11) is 0. The predicted molar refractivity (Wildman–Crippen MR) is 150 cm³/mol. The quantitative estimate of drug-likeness (QED) is 0.163. The fraction of sp³-hybridized carbons (Fsp3) is 0.179. The van der Waals surface area contributed by atoms with E-state index in [9.17, 15) is 22.8 Å². The number of carbonyl (C=O) groups excluding carboxylic acids is 2. The number of amides is 1. The third kappa shape index (κ3) is 6.71. The number of hydrogen-bond donors (Lipinski definition) is 1. The Morgan fingerprint density at radius 2 is 1.86 bits per heavy atom. The van der Waals surface area contributed by atoms with Crippen molar-refractivity contribution >= 4 is 35.5 Å². The fourth-order valence-corrected chi connectivity index (χ4v) is 5.02. The molecule has 1 saturated heterocycles. The van der Waals surface area contributed by atoms with Crippen molar-refractivity contribution < 1.29 is 32.2 Å². The maximum Gasteiger partial charge on any atom is 0.573 e. The third-order valence-corrected chi connectivity index (χ3v) is 6.97. The molecule has 4 aromatic rings. The molecule has 10 nitrogen and oxygen atoms in total. The number of alkyl halides is 3. The Balaban J connectivity index is 1.23. The topological polar surface area (TPSA) is 111 Å². The van der Waals surface area contributed by atoms with Crippen molar-refractivity contribution in [3.8, 4) is 22.8 Å². The molecule has 1 atom stereocenters. The summed E-state index contributed by atoms with van der Waals surface area (Å²) >= 11 is 1.35. The lowest BCUT2D eigenvalue weighted by Crippen LogP contribution is -2.41. The lowest BCUT2D eigenvalue weighted by Gasteiger charge is -2.25. The van der Waals surface area contributed by atoms with E-state index in [0.717, 1.165) is 11.1 Å². The number of nitrogens with zero attached hydrogens (tertiary/aromatic N) is 5. The molecule has 5 rings (SSSR count). The van der Waals surface area contributed by atoms with E-state index in [1.54, 1.807) is 49.5 Å². The van der Waals surface area contributed by atoms with Crippen molar-refractivity contribution in [3.05, 3.63) is 90.3 Å². The van der Waals surface area contributed by atoms with Gasteiger partial charge < -0.3 is 9.47 Å². The minimum Gasteiger partial charge on any atom is -0.462 e. The lowest BCUT2D eigenvalue weighted by molar-refractivity contribution is -0.274. The largest absolute Gasteiger partial charge is 0.573 e. The number of rotatable bonds is 9. The van der Waals surface area contributed by atoms with Crippen molar-refractivity contribution in [2.75, 3.05) is 17.3 Å². The van der Waals surface area contributed by atoms with Crippen LogP contribution in [-0.4, -0.2) is 57.1 Å². The number of benzene rings is 3. The first-order chi connectivity index (χ1) is 20.2. The highest BCUT2D eigenvalue weighted by Crippen LogP contribution is 2.32. The van der Waals surface area contributed by atoms with Gasteiger partial charge in [-0.25, -0.2) is 14.5 Å². The summed E-state index contributed by atoms with van der Waals surface area (Å²) in [4.78, 5) is 30.9. The van der Waals surface area contributed by atoms with Crippen LogP contribution in [0.5, 0.6) is 5.75 Å². The normalized spacial score (nSPS) is 15.3. The summed E-state index contributed by atoms with van der Waals surface area (Å²) in [5.41, 5.74) is 5.19. The molecule has 1 N–H and O–H groups in total. The zero-order chi connectivity index (χ0) is 29.7. The number of hydrogen-bond acceptors (Lipinski definition) is 9. The van der Waals surface area contributed by atoms with Gasteiger partial charge >= 0.3 is 12.3 Å². The molecule has 2 heterocycles. The van der Waals surface area contributed by atoms with E-state index in [-0.39, 0.29) is 24.0 Å². The van der Waals surface area contributed by atoms with Crippen molar-refractivity contribution in [2.45, 2.75) is 18.8 Å². The molecule has 0 saturated carbocycles. The number of aromatic nitrogens is 3. The van der Waals surface area contributed by atoms with Crippen LogP contribution < -0.4 is 15.1 Å². The number of thioether (sulfide) groups is 1. The number of anilines is 1. The average Bonchev–Trinajstić information content (AvgIpc) is 3.60. The van der Waals surface area contributed by atoms with Gasteiger partial charge in [-0.15, -0.1) is 30.0 Å². The molecule has 1 aliphatic heterocycles. The molecule has 1 aliphatic rings. The van der Waals surface area contributed by atoms with E-state index in [4.69, 9.17) is 4.74 Å². The van der Waals surface area contributed by atoms with E-state index >= 15 is 0 Å². The van der Waals surface area contributed by atoms with Gasteiger partial charge in [-0.3, -0.25) is 15.1 Å². The van der Waals surface area contributed by atoms with Crippen LogP contribution in [0.25, 0.3) is 17.1 Å². The van der Waals surface area contributed by atoms with Gasteiger partial charge in [0, 0.05) is 5.56 Å². The number of para-hydroxylation sites is 1. The minimum atomic E-state index is -4.76. The lowest BCUT2D eigenvalue weighted by atomic mass is 10.1. The molecule has 1 unspecified atom stereocenters. The molecule has 216 valence electrons. The van der Waals surface area contributed by atoms with Crippen LogP contribution in [0.4, 0.5) is 18.9 Å². The number of ether oxygens (including phenoxy) is 2. The molecule has 1 aromatic heterocycles. The summed E-state index contributed by atoms with van der Waals surface area (Å²) < 4.78 is 47.6. The van der Waals surface area contributed by atoms with Gasteiger partial charge in [-0.2, -0.15) is 5.10 Å². The van der Waals surface area contributed by atoms with Gasteiger partial charge in [-0.05, 0) is 48.9 Å². The van der Waals surface area contributed by atoms with Crippen LogP contribution in [0.3, 0.4) is 0 Å². The van der Waals surface area contributed by atoms with Crippen molar-refractivity contribution in [1.82, 2.24) is 20.2 Å². The minimum absolute atomic E-state index is 0.161. The van der Waals surface area contributed by atoms with Crippen molar-refractivity contribution in [1.29, 1.82) is 0 Å². The first kappa shape index (κ1) is 28.7. The molecule has 0 aliphatic carbocycles. The summed E-state index contributed by atoms with van der Waals surface area (Å²) in [6, 6.07) is 19.3. The summed E-state index contributed by atoms with van der Waals surface area (Å²) in [5.74, 6) is -0.349. The Labute approximate surface area is 242 Å². The zero-order valence-electron chi connectivity index (χ0n) is 22.0. The second kappa shape index (κ2) is 12.3. The fourth-order valence-electron chi connectivity index (χ4n) is 4.06. The van der Waals surface area contributed by atoms with Crippen LogP contribution in [0.1, 0.15) is 22.8 Å². The standard InChI is InChI=1S/C28H23F3N6O4S/c1-2-40-26(39)22-5-3-4-6-23(22)37-24(38)16-42-27(37)34-33-15-18-7-9-19(10-8-18)25-32-17-36(35-25)20-11-13-21(14-12-20)41-28(29,30)31/h3-15,17,27,34H,2,16H2,1H3/b33-15+. The number of carbonyl (C=O) groups is 2. The monoisotopic (exact) mass is 596 g/mol. The van der Waals surface area contributed by atoms with Crippen LogP contribution in [0.2, 0.25) is 0 Å². The van der Waals surface area contributed by atoms with Gasteiger partial charge in [0.15, 0.2) is 11.3 Å². The van der Waals surface area contributed by atoms with Gasteiger partial charge in [0.1, 0.15) is 12.1 Å². The van der Waals surface area contributed by atoms with Crippen molar-refractivity contribution in [2.24, 2.45) is 5.10 Å². The number of esters is 1. The van der Waals surface area contributed by atoms with E-state index in [2.05, 4.69) is 25.3 Å². The smallest absolute Gasteiger partial charge is 0.462 e. The van der Waals surface area contributed by atoms with Gasteiger partial charge in [0.05, 0.1) is 35.5 Å². The Kier molecular flexibility index (Phi) is 8.43. The molecule has 1 fully saturated rings. The summed E-state index contributed by atoms with van der Waals surface area (Å²) in [5, 5.41) is 8.70. The first-order valence-corrected chi connectivity index (χ1v) is 13.6. The Morgan fingerprint density at radius 1 is 1.12 bits per heavy atom. The summed E-state index contributed by atoms with van der Waals surface area (Å²) in [6.45, 7) is 1.94. The maximum atomic E-state index is 12.7. The highest BCUT2D eigenvalue weighted by atomic mass is 32.2. The van der Waals surface area contributed by atoms with E-state index in [1.165, 1.54) is 51.9 Å². The highest BCUT2D eigenvalue weighted by Gasteiger charge is 2.35. The Morgan fingerprint density at radius 3 is 2.57 bits per heavy atom.